The van der Waals surface area contributed by atoms with Crippen molar-refractivity contribution in [3.63, 3.8) is 0 Å². The van der Waals surface area contributed by atoms with Crippen LogP contribution in [0.4, 0.5) is 0 Å². The summed E-state index contributed by atoms with van der Waals surface area (Å²) in [6, 6.07) is 9.61. The van der Waals surface area contributed by atoms with Gasteiger partial charge in [0.1, 0.15) is 0 Å². The Morgan fingerprint density at radius 3 is 2.85 bits per heavy atom. The number of hydrogen-bond donors (Lipinski definition) is 0. The number of hydrogen-bond acceptors (Lipinski definition) is 4. The minimum absolute atomic E-state index is 0.292. The summed E-state index contributed by atoms with van der Waals surface area (Å²) >= 11 is 1.49. The van der Waals surface area contributed by atoms with E-state index in [0.29, 0.717) is 16.1 Å². The topological polar surface area (TPSA) is 60.1 Å². The first-order valence-electron chi connectivity index (χ1n) is 6.09. The zero-order valence-electron chi connectivity index (χ0n) is 11.1. The Balaban J connectivity index is 2.13. The molecule has 0 unspecified atom stereocenters. The lowest BCUT2D eigenvalue weighted by Gasteiger charge is -1.97. The van der Waals surface area contributed by atoms with E-state index in [4.69, 9.17) is 0 Å². The average Bonchev–Trinajstić information content (AvgIpc) is 2.76. The first kappa shape index (κ1) is 12.7. The molecule has 2 aromatic heterocycles. The number of para-hydroxylation sites is 1. The van der Waals surface area contributed by atoms with E-state index in [0.717, 1.165) is 10.2 Å². The first-order chi connectivity index (χ1) is 9.66. The maximum Gasteiger partial charge on any atom is 0.281 e. The molecule has 1 aromatic carbocycles. The number of carbonyl (C=O) groups excluding carboxylic acids is 1. The van der Waals surface area contributed by atoms with Crippen LogP contribution in [0.15, 0.2) is 41.5 Å². The van der Waals surface area contributed by atoms with E-state index in [1.165, 1.54) is 17.5 Å². The molecule has 0 aliphatic rings. The van der Waals surface area contributed by atoms with Crippen LogP contribution in [-0.2, 0) is 7.05 Å². The normalized spacial score (nSPS) is 12.0. The summed E-state index contributed by atoms with van der Waals surface area (Å²) in [5, 5.41) is 7.61. The van der Waals surface area contributed by atoms with Gasteiger partial charge in [0.05, 0.1) is 27.7 Å². The molecule has 20 heavy (non-hydrogen) atoms. The Morgan fingerprint density at radius 1 is 1.30 bits per heavy atom. The van der Waals surface area contributed by atoms with E-state index >= 15 is 0 Å². The van der Waals surface area contributed by atoms with Crippen LogP contribution in [0.2, 0.25) is 0 Å². The van der Waals surface area contributed by atoms with Crippen molar-refractivity contribution in [2.45, 2.75) is 6.92 Å². The number of aromatic nitrogens is 3. The molecule has 0 radical (unpaired) electrons. The van der Waals surface area contributed by atoms with Crippen LogP contribution in [-0.4, -0.2) is 20.7 Å². The number of nitrogens with zero attached hydrogens (tertiary/aromatic N) is 4. The van der Waals surface area contributed by atoms with E-state index in [1.54, 1.807) is 13.0 Å². The number of fused-ring (bicyclic) bond motifs is 1. The molecule has 0 fully saturated rings. The highest BCUT2D eigenvalue weighted by Gasteiger charge is 2.10. The summed E-state index contributed by atoms with van der Waals surface area (Å²) in [5.74, 6) is -0.292. The lowest BCUT2D eigenvalue weighted by atomic mass is 10.2. The molecule has 0 N–H and O–H groups in total. The van der Waals surface area contributed by atoms with Crippen molar-refractivity contribution in [3.8, 4) is 0 Å². The largest absolute Gasteiger partial charge is 0.319 e. The first-order valence-corrected chi connectivity index (χ1v) is 6.90. The summed E-state index contributed by atoms with van der Waals surface area (Å²) in [6.45, 7) is 1.75. The third-order valence-electron chi connectivity index (χ3n) is 3.05. The SMILES string of the molecule is Cc1nnccc1C(=O)N=c1sc2ccccc2n1C. The molecule has 0 aliphatic carbocycles. The average molecular weight is 284 g/mol. The highest BCUT2D eigenvalue weighted by molar-refractivity contribution is 7.16. The standard InChI is InChI=1S/C14H12N4OS/c1-9-10(7-8-15-17-9)13(19)16-14-18(2)11-5-3-4-6-12(11)20-14/h3-8H,1-2H3. The number of benzene rings is 1. The summed E-state index contributed by atoms with van der Waals surface area (Å²) < 4.78 is 3.02. The second-order valence-electron chi connectivity index (χ2n) is 4.36. The molecule has 6 heteroatoms. The maximum atomic E-state index is 12.2. The lowest BCUT2D eigenvalue weighted by Crippen LogP contribution is -2.14. The van der Waals surface area contributed by atoms with E-state index in [9.17, 15) is 4.79 Å². The maximum absolute atomic E-state index is 12.2. The molecule has 0 atom stereocenters. The van der Waals surface area contributed by atoms with Gasteiger partial charge in [0.25, 0.3) is 5.91 Å². The van der Waals surface area contributed by atoms with Crippen molar-refractivity contribution in [2.24, 2.45) is 12.0 Å². The van der Waals surface area contributed by atoms with Crippen LogP contribution >= 0.6 is 11.3 Å². The fraction of sp³-hybridized carbons (Fsp3) is 0.143. The van der Waals surface area contributed by atoms with Crippen molar-refractivity contribution in [1.29, 1.82) is 0 Å². The van der Waals surface area contributed by atoms with Gasteiger partial charge in [-0.05, 0) is 25.1 Å². The van der Waals surface area contributed by atoms with Crippen LogP contribution < -0.4 is 4.80 Å². The Morgan fingerprint density at radius 2 is 2.10 bits per heavy atom. The fourth-order valence-corrected chi connectivity index (χ4v) is 2.98. The van der Waals surface area contributed by atoms with Gasteiger partial charge in [-0.15, -0.1) is 0 Å². The second kappa shape index (κ2) is 4.97. The van der Waals surface area contributed by atoms with Gasteiger partial charge in [-0.3, -0.25) is 4.79 Å². The molecule has 3 rings (SSSR count). The second-order valence-corrected chi connectivity index (χ2v) is 5.37. The zero-order chi connectivity index (χ0) is 14.1. The summed E-state index contributed by atoms with van der Waals surface area (Å²) in [7, 11) is 1.91. The Hall–Kier alpha value is -2.34. The van der Waals surface area contributed by atoms with Crippen molar-refractivity contribution in [1.82, 2.24) is 14.8 Å². The number of thiazole rings is 1. The van der Waals surface area contributed by atoms with Gasteiger partial charge in [-0.1, -0.05) is 23.5 Å². The molecule has 0 bridgehead atoms. The van der Waals surface area contributed by atoms with Crippen molar-refractivity contribution >= 4 is 27.5 Å². The van der Waals surface area contributed by atoms with Gasteiger partial charge in [0.15, 0.2) is 4.80 Å². The van der Waals surface area contributed by atoms with E-state index in [1.807, 2.05) is 35.9 Å². The predicted octanol–water partition coefficient (Wildman–Crippen LogP) is 2.08. The van der Waals surface area contributed by atoms with Gasteiger partial charge in [-0.2, -0.15) is 15.2 Å². The molecule has 0 saturated carbocycles. The number of rotatable bonds is 1. The minimum atomic E-state index is -0.292. The van der Waals surface area contributed by atoms with E-state index in [2.05, 4.69) is 15.2 Å². The summed E-state index contributed by atoms with van der Waals surface area (Å²) in [6.07, 6.45) is 1.50. The Labute approximate surface area is 119 Å². The molecule has 1 amide bonds. The quantitative estimate of drug-likeness (QED) is 0.687. The van der Waals surface area contributed by atoms with Crippen LogP contribution in [0.5, 0.6) is 0 Å². The Bertz CT molecular complexity index is 863. The van der Waals surface area contributed by atoms with Crippen LogP contribution in [0.3, 0.4) is 0 Å². The molecule has 0 spiro atoms. The number of amides is 1. The predicted molar refractivity (Wildman–Crippen MR) is 77.5 cm³/mol. The Kier molecular flexibility index (Phi) is 3.15. The van der Waals surface area contributed by atoms with Crippen LogP contribution in [0.25, 0.3) is 10.2 Å². The molecule has 2 heterocycles. The summed E-state index contributed by atoms with van der Waals surface area (Å²) in [4.78, 5) is 17.1. The van der Waals surface area contributed by atoms with Crippen molar-refractivity contribution in [2.75, 3.05) is 0 Å². The van der Waals surface area contributed by atoms with Gasteiger partial charge in [0.2, 0.25) is 0 Å². The van der Waals surface area contributed by atoms with Gasteiger partial charge in [-0.25, -0.2) is 0 Å². The molecular weight excluding hydrogens is 272 g/mol. The highest BCUT2D eigenvalue weighted by Crippen LogP contribution is 2.15. The van der Waals surface area contributed by atoms with Gasteiger partial charge in [0, 0.05) is 7.05 Å². The smallest absolute Gasteiger partial charge is 0.281 e. The fourth-order valence-electron chi connectivity index (χ4n) is 1.96. The van der Waals surface area contributed by atoms with Gasteiger partial charge < -0.3 is 4.57 Å². The number of carbonyl (C=O) groups is 1. The molecule has 0 saturated heterocycles. The molecule has 0 aliphatic heterocycles. The number of aryl methyl sites for hydroxylation is 2. The zero-order valence-corrected chi connectivity index (χ0v) is 11.9. The van der Waals surface area contributed by atoms with E-state index < -0.39 is 0 Å². The van der Waals surface area contributed by atoms with E-state index in [-0.39, 0.29) is 5.91 Å². The third kappa shape index (κ3) is 2.14. The summed E-state index contributed by atoms with van der Waals surface area (Å²) in [5.41, 5.74) is 2.14. The molecular formula is C14H12N4OS. The van der Waals surface area contributed by atoms with Gasteiger partial charge >= 0.3 is 0 Å². The highest BCUT2D eigenvalue weighted by atomic mass is 32.1. The monoisotopic (exact) mass is 284 g/mol. The lowest BCUT2D eigenvalue weighted by molar-refractivity contribution is 0.0996. The molecule has 5 nitrogen and oxygen atoms in total. The van der Waals surface area contributed by atoms with Crippen LogP contribution in [0, 0.1) is 6.92 Å². The van der Waals surface area contributed by atoms with Crippen LogP contribution in [0.1, 0.15) is 16.1 Å². The molecule has 3 aromatic rings. The molecule has 100 valence electrons. The minimum Gasteiger partial charge on any atom is -0.319 e. The third-order valence-corrected chi connectivity index (χ3v) is 4.16. The van der Waals surface area contributed by atoms with Crippen molar-refractivity contribution < 1.29 is 4.79 Å². The van der Waals surface area contributed by atoms with Crippen molar-refractivity contribution in [3.05, 3.63) is 52.6 Å².